The van der Waals surface area contributed by atoms with Crippen LogP contribution in [0, 0.1) is 6.92 Å². The van der Waals surface area contributed by atoms with E-state index in [2.05, 4.69) is 17.1 Å². The van der Waals surface area contributed by atoms with E-state index < -0.39 is 11.7 Å². The fourth-order valence-corrected chi connectivity index (χ4v) is 1.27. The summed E-state index contributed by atoms with van der Waals surface area (Å²) in [5, 5.41) is 6.33. The Balaban J connectivity index is 2.75. The highest BCUT2D eigenvalue weighted by Gasteiger charge is 2.19. The molecule has 0 aliphatic heterocycles. The minimum Gasteiger partial charge on any atom is -0.444 e. The van der Waals surface area contributed by atoms with Gasteiger partial charge >= 0.3 is 6.09 Å². The summed E-state index contributed by atoms with van der Waals surface area (Å²) in [5.41, 5.74) is 0.271. The van der Waals surface area contributed by atoms with Crippen molar-refractivity contribution in [3.8, 4) is 0 Å². The molecule has 1 heterocycles. The molecule has 1 aromatic heterocycles. The van der Waals surface area contributed by atoms with Crippen LogP contribution in [0.25, 0.3) is 0 Å². The van der Waals surface area contributed by atoms with E-state index in [0.29, 0.717) is 18.0 Å². The number of hydrogen-bond donors (Lipinski definition) is 1. The Hall–Kier alpha value is -1.78. The van der Waals surface area contributed by atoms with Gasteiger partial charge in [0.25, 0.3) is 0 Å². The van der Waals surface area contributed by atoms with Gasteiger partial charge in [0, 0.05) is 5.56 Å². The van der Waals surface area contributed by atoms with Gasteiger partial charge in [-0.15, -0.1) is 6.58 Å². The number of carbonyl (C=O) groups excluding carboxylic acids is 1. The summed E-state index contributed by atoms with van der Waals surface area (Å²) in [6, 6.07) is 0. The average molecular weight is 238 g/mol. The number of rotatable bonds is 3. The van der Waals surface area contributed by atoms with E-state index in [9.17, 15) is 4.79 Å². The van der Waals surface area contributed by atoms with Gasteiger partial charge in [0.15, 0.2) is 5.82 Å². The second kappa shape index (κ2) is 5.03. The highest BCUT2D eigenvalue weighted by atomic mass is 16.6. The first-order valence-electron chi connectivity index (χ1n) is 5.39. The molecule has 0 fully saturated rings. The minimum atomic E-state index is -0.545. The van der Waals surface area contributed by atoms with Crippen LogP contribution < -0.4 is 5.32 Å². The third-order valence-corrected chi connectivity index (χ3v) is 1.95. The minimum absolute atomic E-state index is 0.386. The summed E-state index contributed by atoms with van der Waals surface area (Å²) < 4.78 is 10.1. The number of hydrogen-bond acceptors (Lipinski definition) is 4. The maximum atomic E-state index is 11.6. The molecule has 0 spiro atoms. The number of ether oxygens (including phenoxy) is 1. The summed E-state index contributed by atoms with van der Waals surface area (Å²) in [6.45, 7) is 10.8. The van der Waals surface area contributed by atoms with Crippen molar-refractivity contribution in [3.05, 3.63) is 24.0 Å². The number of nitrogens with one attached hydrogen (secondary N) is 1. The molecule has 0 radical (unpaired) electrons. The van der Waals surface area contributed by atoms with E-state index in [1.165, 1.54) is 0 Å². The normalized spacial score (nSPS) is 11.1. The van der Waals surface area contributed by atoms with Crippen LogP contribution in [0.5, 0.6) is 0 Å². The molecule has 0 saturated carbocycles. The van der Waals surface area contributed by atoms with Crippen LogP contribution in [-0.4, -0.2) is 16.9 Å². The first-order chi connectivity index (χ1) is 7.83. The van der Waals surface area contributed by atoms with E-state index >= 15 is 0 Å². The summed E-state index contributed by atoms with van der Waals surface area (Å²) in [7, 11) is 0. The van der Waals surface area contributed by atoms with Gasteiger partial charge < -0.3 is 9.26 Å². The lowest BCUT2D eigenvalue weighted by molar-refractivity contribution is 0.0634. The fraction of sp³-hybridized carbons (Fsp3) is 0.500. The van der Waals surface area contributed by atoms with Crippen molar-refractivity contribution in [1.29, 1.82) is 0 Å². The first-order valence-corrected chi connectivity index (χ1v) is 5.39. The number of amides is 1. The topological polar surface area (TPSA) is 64.4 Å². The first kappa shape index (κ1) is 13.3. The van der Waals surface area contributed by atoms with Crippen LogP contribution in [0.4, 0.5) is 10.6 Å². The van der Waals surface area contributed by atoms with E-state index in [1.807, 2.05) is 0 Å². The number of allylic oxidation sites excluding steroid dienone is 1. The number of aromatic nitrogens is 1. The highest BCUT2D eigenvalue weighted by Crippen LogP contribution is 2.20. The van der Waals surface area contributed by atoms with Crippen LogP contribution in [0.3, 0.4) is 0 Å². The predicted molar refractivity (Wildman–Crippen MR) is 65.0 cm³/mol. The van der Waals surface area contributed by atoms with Crippen molar-refractivity contribution in [1.82, 2.24) is 5.16 Å². The largest absolute Gasteiger partial charge is 0.444 e. The van der Waals surface area contributed by atoms with Crippen LogP contribution in [0.2, 0.25) is 0 Å². The van der Waals surface area contributed by atoms with Gasteiger partial charge in [-0.1, -0.05) is 11.2 Å². The third kappa shape index (κ3) is 3.94. The van der Waals surface area contributed by atoms with Crippen LogP contribution >= 0.6 is 0 Å². The molecule has 0 aromatic carbocycles. The molecule has 0 aliphatic carbocycles. The Labute approximate surface area is 101 Å². The lowest BCUT2D eigenvalue weighted by Crippen LogP contribution is -2.27. The maximum absolute atomic E-state index is 11.6. The zero-order valence-electron chi connectivity index (χ0n) is 10.7. The Bertz CT molecular complexity index is 416. The van der Waals surface area contributed by atoms with Gasteiger partial charge in [0.2, 0.25) is 0 Å². The molecule has 1 amide bonds. The molecule has 0 unspecified atom stereocenters. The molecule has 0 aliphatic rings. The Kier molecular flexibility index (Phi) is 3.93. The van der Waals surface area contributed by atoms with Gasteiger partial charge in [0.05, 0.1) is 0 Å². The zero-order valence-corrected chi connectivity index (χ0v) is 10.7. The number of nitrogens with zero attached hydrogens (tertiary/aromatic N) is 1. The average Bonchev–Trinajstić information content (AvgIpc) is 2.47. The lowest BCUT2D eigenvalue weighted by atomic mass is 10.2. The Morgan fingerprint density at radius 2 is 2.24 bits per heavy atom. The van der Waals surface area contributed by atoms with Gasteiger partial charge in [-0.05, 0) is 34.1 Å². The molecular formula is C12H18N2O3. The number of aryl methyl sites for hydroxylation is 1. The molecule has 1 aromatic rings. The van der Waals surface area contributed by atoms with Crippen molar-refractivity contribution in [2.45, 2.75) is 39.7 Å². The second-order valence-corrected chi connectivity index (χ2v) is 4.69. The third-order valence-electron chi connectivity index (χ3n) is 1.95. The van der Waals surface area contributed by atoms with Crippen molar-refractivity contribution in [3.63, 3.8) is 0 Å². The summed E-state index contributed by atoms with van der Waals surface area (Å²) >= 11 is 0. The van der Waals surface area contributed by atoms with E-state index in [4.69, 9.17) is 9.26 Å². The Morgan fingerprint density at radius 1 is 1.59 bits per heavy atom. The Morgan fingerprint density at radius 3 is 2.76 bits per heavy atom. The molecule has 0 saturated heterocycles. The maximum Gasteiger partial charge on any atom is 0.413 e. The van der Waals surface area contributed by atoms with Gasteiger partial charge in [-0.25, -0.2) is 4.79 Å². The van der Waals surface area contributed by atoms with E-state index in [0.717, 1.165) is 5.56 Å². The van der Waals surface area contributed by atoms with E-state index in [1.54, 1.807) is 33.8 Å². The number of anilines is 1. The molecule has 0 bridgehead atoms. The smallest absolute Gasteiger partial charge is 0.413 e. The molecule has 1 rings (SSSR count). The predicted octanol–water partition coefficient (Wildman–Crippen LogP) is 3.06. The molecule has 0 atom stereocenters. The van der Waals surface area contributed by atoms with Crippen LogP contribution in [0.15, 0.2) is 17.2 Å². The van der Waals surface area contributed by atoms with Crippen LogP contribution in [-0.2, 0) is 11.2 Å². The van der Waals surface area contributed by atoms with Crippen molar-refractivity contribution < 1.29 is 14.1 Å². The molecule has 94 valence electrons. The summed E-state index contributed by atoms with van der Waals surface area (Å²) in [5.74, 6) is 1.05. The molecule has 17 heavy (non-hydrogen) atoms. The monoisotopic (exact) mass is 238 g/mol. The lowest BCUT2D eigenvalue weighted by Gasteiger charge is -2.19. The standard InChI is InChI=1S/C12H18N2O3/c1-6-7-9-8(2)17-14-10(9)13-11(15)16-12(3,4)5/h6H,1,7H2,2-5H3,(H,13,14,15). The van der Waals surface area contributed by atoms with Gasteiger partial charge in [-0.3, -0.25) is 5.32 Å². The highest BCUT2D eigenvalue weighted by molar-refractivity contribution is 5.84. The summed E-state index contributed by atoms with van der Waals surface area (Å²) in [6.07, 6.45) is 1.76. The molecule has 1 N–H and O–H groups in total. The molecule has 5 nitrogen and oxygen atoms in total. The quantitative estimate of drug-likeness (QED) is 0.822. The zero-order chi connectivity index (χ0) is 13.1. The molecular weight excluding hydrogens is 220 g/mol. The number of carbonyl (C=O) groups is 1. The fourth-order valence-electron chi connectivity index (χ4n) is 1.27. The van der Waals surface area contributed by atoms with Crippen molar-refractivity contribution in [2.75, 3.05) is 5.32 Å². The van der Waals surface area contributed by atoms with Crippen molar-refractivity contribution >= 4 is 11.9 Å². The summed E-state index contributed by atoms with van der Waals surface area (Å²) in [4.78, 5) is 11.6. The van der Waals surface area contributed by atoms with Crippen LogP contribution in [0.1, 0.15) is 32.1 Å². The SMILES string of the molecule is C=CCc1c(NC(=O)OC(C)(C)C)noc1C. The van der Waals surface area contributed by atoms with Gasteiger partial charge in [0.1, 0.15) is 11.4 Å². The molecule has 5 heteroatoms. The van der Waals surface area contributed by atoms with Crippen molar-refractivity contribution in [2.24, 2.45) is 0 Å². The van der Waals surface area contributed by atoms with Gasteiger partial charge in [-0.2, -0.15) is 0 Å². The second-order valence-electron chi connectivity index (χ2n) is 4.69. The van der Waals surface area contributed by atoms with E-state index in [-0.39, 0.29) is 0 Å².